The molecule has 1 aromatic rings. The number of aldehydes is 1. The van der Waals surface area contributed by atoms with Crippen LogP contribution in [0.15, 0.2) is 18.2 Å². The van der Waals surface area contributed by atoms with Crippen LogP contribution in [0.4, 0.5) is 0 Å². The van der Waals surface area contributed by atoms with Gasteiger partial charge in [-0.2, -0.15) is 0 Å². The lowest BCUT2D eigenvalue weighted by Crippen LogP contribution is -2.55. The van der Waals surface area contributed by atoms with Gasteiger partial charge in [0.25, 0.3) is 0 Å². The van der Waals surface area contributed by atoms with E-state index in [2.05, 4.69) is 23.3 Å². The largest absolute Gasteiger partial charge is 0.315 e. The van der Waals surface area contributed by atoms with Crippen molar-refractivity contribution >= 4 is 6.29 Å². The summed E-state index contributed by atoms with van der Waals surface area (Å²) in [5.74, 6) is 0.981. The summed E-state index contributed by atoms with van der Waals surface area (Å²) >= 11 is 0. The Morgan fingerprint density at radius 1 is 1.19 bits per heavy atom. The number of nitrogens with one attached hydrogen (secondary N) is 1. The number of hydrogen-bond acceptors (Lipinski definition) is 3. The molecule has 0 radical (unpaired) electrons. The Morgan fingerprint density at radius 3 is 2.52 bits per heavy atom. The van der Waals surface area contributed by atoms with Gasteiger partial charge in [0.1, 0.15) is 6.29 Å². The lowest BCUT2D eigenvalue weighted by Gasteiger charge is -2.44. The van der Waals surface area contributed by atoms with Crippen molar-refractivity contribution in [2.45, 2.75) is 38.1 Å². The second kappa shape index (κ2) is 6.71. The van der Waals surface area contributed by atoms with Crippen molar-refractivity contribution in [3.8, 4) is 0 Å². The maximum atomic E-state index is 10.4. The van der Waals surface area contributed by atoms with E-state index in [-0.39, 0.29) is 0 Å². The van der Waals surface area contributed by atoms with Gasteiger partial charge in [0.15, 0.2) is 0 Å². The van der Waals surface area contributed by atoms with E-state index in [1.807, 2.05) is 12.1 Å². The third-order valence-electron chi connectivity index (χ3n) is 5.29. The van der Waals surface area contributed by atoms with Gasteiger partial charge in [-0.1, -0.05) is 12.1 Å². The number of nitrogens with zero attached hydrogens (tertiary/aromatic N) is 1. The normalized spacial score (nSPS) is 29.5. The summed E-state index contributed by atoms with van der Waals surface area (Å²) in [6.07, 6.45) is 7.35. The Labute approximate surface area is 127 Å². The van der Waals surface area contributed by atoms with E-state index >= 15 is 0 Å². The van der Waals surface area contributed by atoms with E-state index in [9.17, 15) is 4.79 Å². The number of likely N-dealkylation sites (N-methyl/N-ethyl adjacent to an activating group) is 1. The molecule has 1 atom stereocenters. The summed E-state index contributed by atoms with van der Waals surface area (Å²) in [6, 6.07) is 6.78. The van der Waals surface area contributed by atoms with Crippen LogP contribution in [0, 0.1) is 5.92 Å². The van der Waals surface area contributed by atoms with Gasteiger partial charge < -0.3 is 10.2 Å². The maximum absolute atomic E-state index is 10.4. The molecule has 0 spiro atoms. The maximum Gasteiger partial charge on any atom is 0.150 e. The Balaban J connectivity index is 0.000000126. The molecule has 21 heavy (non-hydrogen) atoms. The van der Waals surface area contributed by atoms with Gasteiger partial charge in [-0.05, 0) is 75.4 Å². The van der Waals surface area contributed by atoms with Crippen molar-refractivity contribution in [2.24, 2.45) is 5.92 Å². The van der Waals surface area contributed by atoms with E-state index in [1.54, 1.807) is 0 Å². The van der Waals surface area contributed by atoms with Crippen LogP contribution in [0.5, 0.6) is 0 Å². The molecule has 3 aliphatic heterocycles. The molecule has 3 heterocycles. The van der Waals surface area contributed by atoms with Gasteiger partial charge in [-0.3, -0.25) is 4.79 Å². The fourth-order valence-electron chi connectivity index (χ4n) is 3.96. The SMILES string of the molecule is CNC1CN2CCC1CC2.O=Cc1ccc2c(c1)CCC2. The molecule has 0 aromatic heterocycles. The highest BCUT2D eigenvalue weighted by atomic mass is 16.1. The lowest BCUT2D eigenvalue weighted by molar-refractivity contribution is 0.0764. The molecular weight excluding hydrogens is 260 g/mol. The highest BCUT2D eigenvalue weighted by Crippen LogP contribution is 2.26. The van der Waals surface area contributed by atoms with Crippen LogP contribution in [0.2, 0.25) is 0 Å². The van der Waals surface area contributed by atoms with Crippen LogP contribution in [0.3, 0.4) is 0 Å². The summed E-state index contributed by atoms with van der Waals surface area (Å²) in [7, 11) is 2.09. The smallest absolute Gasteiger partial charge is 0.150 e. The van der Waals surface area contributed by atoms with Gasteiger partial charge >= 0.3 is 0 Å². The molecule has 2 bridgehead atoms. The fourth-order valence-corrected chi connectivity index (χ4v) is 3.96. The topological polar surface area (TPSA) is 32.3 Å². The van der Waals surface area contributed by atoms with Crippen molar-refractivity contribution in [3.63, 3.8) is 0 Å². The standard InChI is InChI=1S/C10H10O.C8H16N2/c11-7-8-4-5-9-2-1-3-10(9)6-8;1-9-8-6-10-4-2-7(8)3-5-10/h4-7H,1-3H2;7-9H,2-6H2,1H3. The van der Waals surface area contributed by atoms with Crippen molar-refractivity contribution in [2.75, 3.05) is 26.7 Å². The zero-order chi connectivity index (χ0) is 14.7. The van der Waals surface area contributed by atoms with Crippen molar-refractivity contribution in [1.29, 1.82) is 0 Å². The molecule has 1 unspecified atom stereocenters. The first-order valence-electron chi connectivity index (χ1n) is 8.26. The zero-order valence-corrected chi connectivity index (χ0v) is 13.0. The third-order valence-corrected chi connectivity index (χ3v) is 5.29. The summed E-state index contributed by atoms with van der Waals surface area (Å²) in [5, 5.41) is 3.39. The molecule has 1 aromatic carbocycles. The molecule has 4 aliphatic rings. The number of fused-ring (bicyclic) bond motifs is 4. The monoisotopic (exact) mass is 286 g/mol. The molecule has 3 saturated heterocycles. The predicted octanol–water partition coefficient (Wildman–Crippen LogP) is 2.29. The van der Waals surface area contributed by atoms with Crippen molar-refractivity contribution in [3.05, 3.63) is 34.9 Å². The van der Waals surface area contributed by atoms with E-state index in [0.717, 1.165) is 30.2 Å². The molecule has 0 saturated carbocycles. The van der Waals surface area contributed by atoms with Crippen LogP contribution in [0.1, 0.15) is 40.7 Å². The van der Waals surface area contributed by atoms with Crippen molar-refractivity contribution < 1.29 is 4.79 Å². The molecule has 1 N–H and O–H groups in total. The molecular formula is C18H26N2O. The Morgan fingerprint density at radius 2 is 1.95 bits per heavy atom. The number of carbonyl (C=O) groups is 1. The van der Waals surface area contributed by atoms with Crippen LogP contribution >= 0.6 is 0 Å². The van der Waals surface area contributed by atoms with E-state index in [0.29, 0.717) is 0 Å². The molecule has 114 valence electrons. The van der Waals surface area contributed by atoms with Crippen molar-refractivity contribution in [1.82, 2.24) is 10.2 Å². The van der Waals surface area contributed by atoms with Gasteiger partial charge in [0, 0.05) is 18.2 Å². The molecule has 3 fully saturated rings. The molecule has 3 nitrogen and oxygen atoms in total. The van der Waals surface area contributed by atoms with Crippen LogP contribution in [0.25, 0.3) is 0 Å². The van der Waals surface area contributed by atoms with Gasteiger partial charge in [-0.25, -0.2) is 0 Å². The minimum Gasteiger partial charge on any atom is -0.315 e. The lowest BCUT2D eigenvalue weighted by atomic mass is 9.84. The minimum atomic E-state index is 0.794. The Hall–Kier alpha value is -1.19. The first-order chi connectivity index (χ1) is 10.3. The highest BCUT2D eigenvalue weighted by molar-refractivity contribution is 5.75. The fraction of sp³-hybridized carbons (Fsp3) is 0.611. The number of benzene rings is 1. The van der Waals surface area contributed by atoms with E-state index in [4.69, 9.17) is 0 Å². The number of carbonyl (C=O) groups excluding carboxylic acids is 1. The predicted molar refractivity (Wildman–Crippen MR) is 85.9 cm³/mol. The highest BCUT2D eigenvalue weighted by Gasteiger charge is 2.32. The van der Waals surface area contributed by atoms with Crippen LogP contribution in [-0.4, -0.2) is 43.9 Å². The average Bonchev–Trinajstić information content (AvgIpc) is 3.03. The second-order valence-corrected chi connectivity index (χ2v) is 6.53. The summed E-state index contributed by atoms with van der Waals surface area (Å²) in [5.41, 5.74) is 3.61. The van der Waals surface area contributed by atoms with Crippen LogP contribution in [-0.2, 0) is 12.8 Å². The van der Waals surface area contributed by atoms with Gasteiger partial charge in [-0.15, -0.1) is 0 Å². The molecule has 5 rings (SSSR count). The minimum absolute atomic E-state index is 0.794. The number of piperidine rings is 3. The quantitative estimate of drug-likeness (QED) is 0.847. The number of rotatable bonds is 2. The summed E-state index contributed by atoms with van der Waals surface area (Å²) in [4.78, 5) is 13.0. The number of hydrogen-bond donors (Lipinski definition) is 1. The van der Waals surface area contributed by atoms with Gasteiger partial charge in [0.2, 0.25) is 0 Å². The summed E-state index contributed by atoms with van der Waals surface area (Å²) in [6.45, 7) is 3.99. The van der Waals surface area contributed by atoms with Crippen LogP contribution < -0.4 is 5.32 Å². The first-order valence-corrected chi connectivity index (χ1v) is 8.26. The molecule has 0 amide bonds. The molecule has 3 heteroatoms. The van der Waals surface area contributed by atoms with Gasteiger partial charge in [0.05, 0.1) is 0 Å². The second-order valence-electron chi connectivity index (χ2n) is 6.53. The van der Waals surface area contributed by atoms with E-state index < -0.39 is 0 Å². The Kier molecular flexibility index (Phi) is 4.71. The Bertz CT molecular complexity index is 492. The molecule has 1 aliphatic carbocycles. The number of aryl methyl sites for hydroxylation is 2. The third kappa shape index (κ3) is 3.35. The van der Waals surface area contributed by atoms with E-state index in [1.165, 1.54) is 56.4 Å². The summed E-state index contributed by atoms with van der Waals surface area (Å²) < 4.78 is 0. The first kappa shape index (κ1) is 14.7. The zero-order valence-electron chi connectivity index (χ0n) is 13.0. The average molecular weight is 286 g/mol.